The Morgan fingerprint density at radius 2 is 2.00 bits per heavy atom. The van der Waals surface area contributed by atoms with Gasteiger partial charge in [0.2, 0.25) is 10.0 Å². The lowest BCUT2D eigenvalue weighted by molar-refractivity contribution is 0.400. The van der Waals surface area contributed by atoms with Crippen LogP contribution in [0.3, 0.4) is 0 Å². The maximum Gasteiger partial charge on any atom is 0.240 e. The van der Waals surface area contributed by atoms with E-state index in [-0.39, 0.29) is 0 Å². The maximum absolute atomic E-state index is 12.2. The van der Waals surface area contributed by atoms with Gasteiger partial charge in [-0.2, -0.15) is 0 Å². The van der Waals surface area contributed by atoms with Gasteiger partial charge in [-0.1, -0.05) is 6.92 Å². The third-order valence-electron chi connectivity index (χ3n) is 3.02. The zero-order valence-corrected chi connectivity index (χ0v) is 13.5. The van der Waals surface area contributed by atoms with E-state index in [9.17, 15) is 8.42 Å². The van der Waals surface area contributed by atoms with Gasteiger partial charge in [0.1, 0.15) is 5.75 Å². The first kappa shape index (κ1) is 16.9. The average molecular weight is 300 g/mol. The topological polar surface area (TPSA) is 58.6 Å². The van der Waals surface area contributed by atoms with E-state index in [1.54, 1.807) is 25.3 Å². The molecule has 0 fully saturated rings. The number of nitrogens with one attached hydrogen (secondary N) is 1. The predicted molar refractivity (Wildman–Crippen MR) is 80.7 cm³/mol. The van der Waals surface area contributed by atoms with Crippen molar-refractivity contribution in [1.82, 2.24) is 9.62 Å². The lowest BCUT2D eigenvalue weighted by Crippen LogP contribution is -2.27. The largest absolute Gasteiger partial charge is 0.496 e. The molecule has 114 valence electrons. The molecule has 1 rings (SSSR count). The van der Waals surface area contributed by atoms with Crippen molar-refractivity contribution >= 4 is 10.0 Å². The molecule has 0 bridgehead atoms. The summed E-state index contributed by atoms with van der Waals surface area (Å²) in [7, 11) is 2.07. The lowest BCUT2D eigenvalue weighted by atomic mass is 10.1. The number of rotatable bonds is 8. The Kier molecular flexibility index (Phi) is 6.45. The summed E-state index contributed by atoms with van der Waals surface area (Å²) in [6, 6.07) is 4.95. The number of hydrogen-bond acceptors (Lipinski definition) is 4. The van der Waals surface area contributed by atoms with Crippen LogP contribution in [0.5, 0.6) is 5.75 Å². The quantitative estimate of drug-likeness (QED) is 0.739. The van der Waals surface area contributed by atoms with E-state index in [0.29, 0.717) is 11.4 Å². The fourth-order valence-electron chi connectivity index (χ4n) is 1.88. The molecule has 0 radical (unpaired) electrons. The van der Waals surface area contributed by atoms with Crippen LogP contribution >= 0.6 is 0 Å². The SMILES string of the molecule is CCc1cc(S(=O)(=O)NCCCN(C)C)ccc1OC. The van der Waals surface area contributed by atoms with Gasteiger partial charge in [-0.05, 0) is 57.2 Å². The summed E-state index contributed by atoms with van der Waals surface area (Å²) >= 11 is 0. The molecule has 0 spiro atoms. The van der Waals surface area contributed by atoms with E-state index in [0.717, 1.165) is 30.7 Å². The van der Waals surface area contributed by atoms with E-state index in [4.69, 9.17) is 4.74 Å². The Labute approximate surface area is 122 Å². The summed E-state index contributed by atoms with van der Waals surface area (Å²) < 4.78 is 32.2. The minimum atomic E-state index is -3.44. The van der Waals surface area contributed by atoms with E-state index >= 15 is 0 Å². The number of benzene rings is 1. The van der Waals surface area contributed by atoms with Crippen LogP contribution in [-0.4, -0.2) is 47.6 Å². The summed E-state index contributed by atoms with van der Waals surface area (Å²) in [5, 5.41) is 0. The van der Waals surface area contributed by atoms with Crippen molar-refractivity contribution in [2.75, 3.05) is 34.3 Å². The second-order valence-electron chi connectivity index (χ2n) is 4.88. The predicted octanol–water partition coefficient (Wildman–Crippen LogP) is 1.49. The molecule has 0 unspecified atom stereocenters. The molecule has 0 aliphatic heterocycles. The summed E-state index contributed by atoms with van der Waals surface area (Å²) in [5.74, 6) is 0.721. The van der Waals surface area contributed by atoms with Crippen LogP contribution in [0.2, 0.25) is 0 Å². The molecule has 0 aromatic heterocycles. The Morgan fingerprint density at radius 3 is 2.55 bits per heavy atom. The minimum Gasteiger partial charge on any atom is -0.496 e. The molecular weight excluding hydrogens is 276 g/mol. The lowest BCUT2D eigenvalue weighted by Gasteiger charge is -2.12. The zero-order chi connectivity index (χ0) is 15.2. The molecule has 0 amide bonds. The summed E-state index contributed by atoms with van der Waals surface area (Å²) in [4.78, 5) is 2.32. The number of aryl methyl sites for hydroxylation is 1. The molecule has 0 atom stereocenters. The smallest absolute Gasteiger partial charge is 0.240 e. The van der Waals surface area contributed by atoms with E-state index < -0.39 is 10.0 Å². The first-order chi connectivity index (χ1) is 9.40. The summed E-state index contributed by atoms with van der Waals surface area (Å²) in [5.41, 5.74) is 0.892. The van der Waals surface area contributed by atoms with Crippen molar-refractivity contribution in [1.29, 1.82) is 0 Å². The fourth-order valence-corrected chi connectivity index (χ4v) is 3.01. The molecule has 0 saturated carbocycles. The van der Waals surface area contributed by atoms with Gasteiger partial charge in [-0.15, -0.1) is 0 Å². The second kappa shape index (κ2) is 7.61. The van der Waals surface area contributed by atoms with Gasteiger partial charge in [0.25, 0.3) is 0 Å². The number of hydrogen-bond donors (Lipinski definition) is 1. The molecule has 1 aromatic carbocycles. The van der Waals surface area contributed by atoms with Gasteiger partial charge in [0.15, 0.2) is 0 Å². The number of sulfonamides is 1. The Hall–Kier alpha value is -1.11. The van der Waals surface area contributed by atoms with Crippen molar-refractivity contribution in [3.8, 4) is 5.75 Å². The highest BCUT2D eigenvalue weighted by atomic mass is 32.2. The average Bonchev–Trinajstić information content (AvgIpc) is 2.42. The summed E-state index contributed by atoms with van der Waals surface area (Å²) in [6.07, 6.45) is 1.51. The van der Waals surface area contributed by atoms with Gasteiger partial charge >= 0.3 is 0 Å². The molecule has 5 nitrogen and oxygen atoms in total. The standard InChI is InChI=1S/C14H24N2O3S/c1-5-12-11-13(7-8-14(12)19-4)20(17,18)15-9-6-10-16(2)3/h7-8,11,15H,5-6,9-10H2,1-4H3. The molecular formula is C14H24N2O3S. The van der Waals surface area contributed by atoms with Crippen molar-refractivity contribution in [2.24, 2.45) is 0 Å². The maximum atomic E-state index is 12.2. The molecule has 6 heteroatoms. The highest BCUT2D eigenvalue weighted by Crippen LogP contribution is 2.22. The minimum absolute atomic E-state index is 0.292. The second-order valence-corrected chi connectivity index (χ2v) is 6.65. The molecule has 0 saturated heterocycles. The number of methoxy groups -OCH3 is 1. The molecule has 0 heterocycles. The van der Waals surface area contributed by atoms with Crippen LogP contribution in [-0.2, 0) is 16.4 Å². The van der Waals surface area contributed by atoms with Crippen LogP contribution in [0.1, 0.15) is 18.9 Å². The first-order valence-electron chi connectivity index (χ1n) is 6.72. The molecule has 1 N–H and O–H groups in total. The van der Waals surface area contributed by atoms with Gasteiger partial charge in [0.05, 0.1) is 12.0 Å². The molecule has 1 aromatic rings. The van der Waals surface area contributed by atoms with Gasteiger partial charge in [-0.25, -0.2) is 13.1 Å². The number of nitrogens with zero attached hydrogens (tertiary/aromatic N) is 1. The first-order valence-corrected chi connectivity index (χ1v) is 8.20. The van der Waals surface area contributed by atoms with Gasteiger partial charge < -0.3 is 9.64 Å². The normalized spacial score (nSPS) is 11.8. The van der Waals surface area contributed by atoms with Crippen LogP contribution in [0.15, 0.2) is 23.1 Å². The third kappa shape index (κ3) is 4.77. The third-order valence-corrected chi connectivity index (χ3v) is 4.48. The van der Waals surface area contributed by atoms with Crippen LogP contribution in [0, 0.1) is 0 Å². The van der Waals surface area contributed by atoms with Gasteiger partial charge in [-0.3, -0.25) is 0 Å². The highest BCUT2D eigenvalue weighted by Gasteiger charge is 2.15. The monoisotopic (exact) mass is 300 g/mol. The van der Waals surface area contributed by atoms with E-state index in [1.165, 1.54) is 0 Å². The van der Waals surface area contributed by atoms with Crippen LogP contribution in [0.4, 0.5) is 0 Å². The van der Waals surface area contributed by atoms with Crippen molar-refractivity contribution in [3.05, 3.63) is 23.8 Å². The summed E-state index contributed by atoms with van der Waals surface area (Å²) in [6.45, 7) is 3.26. The Balaban J connectivity index is 2.77. The van der Waals surface area contributed by atoms with E-state index in [1.807, 2.05) is 25.9 Å². The van der Waals surface area contributed by atoms with Crippen LogP contribution < -0.4 is 9.46 Å². The molecule has 20 heavy (non-hydrogen) atoms. The van der Waals surface area contributed by atoms with Gasteiger partial charge in [0, 0.05) is 6.54 Å². The van der Waals surface area contributed by atoms with Crippen LogP contribution in [0.25, 0.3) is 0 Å². The Bertz CT molecular complexity index is 527. The van der Waals surface area contributed by atoms with Crippen molar-refractivity contribution in [2.45, 2.75) is 24.7 Å². The highest BCUT2D eigenvalue weighted by molar-refractivity contribution is 7.89. The zero-order valence-electron chi connectivity index (χ0n) is 12.6. The number of ether oxygens (including phenoxy) is 1. The fraction of sp³-hybridized carbons (Fsp3) is 0.571. The van der Waals surface area contributed by atoms with Crippen molar-refractivity contribution < 1.29 is 13.2 Å². The molecule has 0 aliphatic rings. The Morgan fingerprint density at radius 1 is 1.30 bits per heavy atom. The van der Waals surface area contributed by atoms with Crippen molar-refractivity contribution in [3.63, 3.8) is 0 Å². The van der Waals surface area contributed by atoms with E-state index in [2.05, 4.69) is 4.72 Å². The molecule has 0 aliphatic carbocycles.